The summed E-state index contributed by atoms with van der Waals surface area (Å²) in [5, 5.41) is 3.59. The lowest BCUT2D eigenvalue weighted by Crippen LogP contribution is -2.20. The van der Waals surface area contributed by atoms with E-state index < -0.39 is 0 Å². The van der Waals surface area contributed by atoms with E-state index in [2.05, 4.69) is 35.8 Å². The van der Waals surface area contributed by atoms with Gasteiger partial charge in [0.05, 0.1) is 0 Å². The van der Waals surface area contributed by atoms with Crippen molar-refractivity contribution in [2.75, 3.05) is 11.6 Å². The maximum atomic E-state index is 5.90. The van der Waals surface area contributed by atoms with Crippen molar-refractivity contribution in [3.8, 4) is 0 Å². The standard InChI is InChI=1S/C12H18N2S/c1-15-12-5-3-2-4-11(12)14-10-7-6-9(13)8-10/h2-5,9-10,14H,6-8,13H2,1H3. The first-order valence-corrected chi connectivity index (χ1v) is 6.67. The lowest BCUT2D eigenvalue weighted by molar-refractivity contribution is 0.687. The molecule has 1 fully saturated rings. The lowest BCUT2D eigenvalue weighted by Gasteiger charge is -2.16. The van der Waals surface area contributed by atoms with Gasteiger partial charge >= 0.3 is 0 Å². The van der Waals surface area contributed by atoms with Crippen LogP contribution in [-0.4, -0.2) is 18.3 Å². The molecule has 3 N–H and O–H groups in total. The topological polar surface area (TPSA) is 38.0 Å². The third-order valence-electron chi connectivity index (χ3n) is 2.94. The molecular weight excluding hydrogens is 204 g/mol. The Kier molecular flexibility index (Phi) is 3.54. The van der Waals surface area contributed by atoms with E-state index >= 15 is 0 Å². The highest BCUT2D eigenvalue weighted by Gasteiger charge is 2.21. The van der Waals surface area contributed by atoms with Crippen molar-refractivity contribution in [2.24, 2.45) is 5.73 Å². The Labute approximate surface area is 95.6 Å². The molecule has 0 amide bonds. The predicted molar refractivity (Wildman–Crippen MR) is 67.5 cm³/mol. The molecule has 2 nitrogen and oxygen atoms in total. The number of anilines is 1. The second-order valence-corrected chi connectivity index (χ2v) is 4.96. The van der Waals surface area contributed by atoms with Crippen LogP contribution in [0.3, 0.4) is 0 Å². The minimum absolute atomic E-state index is 0.393. The van der Waals surface area contributed by atoms with Crippen LogP contribution in [0, 0.1) is 0 Å². The molecule has 0 aliphatic heterocycles. The average molecular weight is 222 g/mol. The van der Waals surface area contributed by atoms with Gasteiger partial charge in [-0.05, 0) is 37.7 Å². The Bertz CT molecular complexity index is 327. The number of nitrogens with one attached hydrogen (secondary N) is 1. The fraction of sp³-hybridized carbons (Fsp3) is 0.500. The van der Waals surface area contributed by atoms with Crippen LogP contribution in [0.5, 0.6) is 0 Å². The minimum atomic E-state index is 0.393. The summed E-state index contributed by atoms with van der Waals surface area (Å²) in [6.45, 7) is 0. The first kappa shape index (κ1) is 10.8. The third-order valence-corrected chi connectivity index (χ3v) is 3.74. The van der Waals surface area contributed by atoms with Gasteiger partial charge in [-0.25, -0.2) is 0 Å². The Morgan fingerprint density at radius 2 is 2.13 bits per heavy atom. The highest BCUT2D eigenvalue weighted by molar-refractivity contribution is 7.98. The fourth-order valence-corrected chi connectivity index (χ4v) is 2.69. The number of benzene rings is 1. The van der Waals surface area contributed by atoms with Crippen LogP contribution in [0.15, 0.2) is 29.2 Å². The maximum absolute atomic E-state index is 5.90. The molecule has 1 aromatic rings. The first-order valence-electron chi connectivity index (χ1n) is 5.44. The van der Waals surface area contributed by atoms with E-state index in [1.807, 2.05) is 0 Å². The van der Waals surface area contributed by atoms with Crippen molar-refractivity contribution in [1.29, 1.82) is 0 Å². The van der Waals surface area contributed by atoms with Crippen molar-refractivity contribution in [2.45, 2.75) is 36.2 Å². The number of hydrogen-bond acceptors (Lipinski definition) is 3. The first-order chi connectivity index (χ1) is 7.29. The number of thioether (sulfide) groups is 1. The highest BCUT2D eigenvalue weighted by Crippen LogP contribution is 2.28. The number of hydrogen-bond donors (Lipinski definition) is 2. The molecule has 0 radical (unpaired) electrons. The summed E-state index contributed by atoms with van der Waals surface area (Å²) in [5.41, 5.74) is 7.16. The summed E-state index contributed by atoms with van der Waals surface area (Å²) in [6, 6.07) is 9.42. The summed E-state index contributed by atoms with van der Waals surface area (Å²) in [4.78, 5) is 1.32. The molecule has 2 rings (SSSR count). The van der Waals surface area contributed by atoms with Gasteiger partial charge in [0, 0.05) is 22.7 Å². The monoisotopic (exact) mass is 222 g/mol. The van der Waals surface area contributed by atoms with Gasteiger partial charge in [-0.2, -0.15) is 0 Å². The minimum Gasteiger partial charge on any atom is -0.381 e. The molecule has 3 heteroatoms. The molecule has 0 bridgehead atoms. The Morgan fingerprint density at radius 3 is 2.80 bits per heavy atom. The van der Waals surface area contributed by atoms with Crippen molar-refractivity contribution >= 4 is 17.4 Å². The molecule has 0 heterocycles. The van der Waals surface area contributed by atoms with E-state index in [9.17, 15) is 0 Å². The quantitative estimate of drug-likeness (QED) is 0.772. The van der Waals surface area contributed by atoms with Gasteiger partial charge in [0.25, 0.3) is 0 Å². The van der Waals surface area contributed by atoms with Crippen molar-refractivity contribution in [1.82, 2.24) is 0 Å². The van der Waals surface area contributed by atoms with Crippen molar-refractivity contribution in [3.63, 3.8) is 0 Å². The highest BCUT2D eigenvalue weighted by atomic mass is 32.2. The van der Waals surface area contributed by atoms with Gasteiger partial charge in [0.1, 0.15) is 0 Å². The molecule has 1 aliphatic carbocycles. The normalized spacial score (nSPS) is 25.5. The van der Waals surface area contributed by atoms with Crippen molar-refractivity contribution in [3.05, 3.63) is 24.3 Å². The van der Waals surface area contributed by atoms with Gasteiger partial charge in [-0.3, -0.25) is 0 Å². The molecule has 82 valence electrons. The molecule has 1 saturated carbocycles. The fourth-order valence-electron chi connectivity index (χ4n) is 2.13. The smallest absolute Gasteiger partial charge is 0.0480 e. The van der Waals surface area contributed by atoms with Crippen LogP contribution < -0.4 is 11.1 Å². The summed E-state index contributed by atoms with van der Waals surface area (Å²) < 4.78 is 0. The van der Waals surface area contributed by atoms with Gasteiger partial charge < -0.3 is 11.1 Å². The number of nitrogens with two attached hydrogens (primary N) is 1. The second-order valence-electron chi connectivity index (χ2n) is 4.11. The molecule has 0 aromatic heterocycles. The molecule has 2 unspecified atom stereocenters. The second kappa shape index (κ2) is 4.90. The summed E-state index contributed by atoms with van der Waals surface area (Å²) in [6.07, 6.45) is 5.56. The lowest BCUT2D eigenvalue weighted by atomic mass is 10.2. The summed E-state index contributed by atoms with van der Waals surface area (Å²) in [7, 11) is 0. The zero-order chi connectivity index (χ0) is 10.7. The maximum Gasteiger partial charge on any atom is 0.0480 e. The van der Waals surface area contributed by atoms with Gasteiger partial charge in [0.2, 0.25) is 0 Å². The van der Waals surface area contributed by atoms with Crippen LogP contribution in [0.25, 0.3) is 0 Å². The Balaban J connectivity index is 2.04. The number of para-hydroxylation sites is 1. The molecular formula is C12H18N2S. The van der Waals surface area contributed by atoms with E-state index in [-0.39, 0.29) is 0 Å². The van der Waals surface area contributed by atoms with E-state index in [0.717, 1.165) is 12.8 Å². The molecule has 1 aliphatic rings. The molecule has 0 saturated heterocycles. The predicted octanol–water partition coefficient (Wildman–Crippen LogP) is 2.70. The van der Waals surface area contributed by atoms with Crippen LogP contribution in [-0.2, 0) is 0 Å². The zero-order valence-corrected chi connectivity index (χ0v) is 9.89. The SMILES string of the molecule is CSc1ccccc1NC1CCC(N)C1. The van der Waals surface area contributed by atoms with Gasteiger partial charge in [0.15, 0.2) is 0 Å². The third kappa shape index (κ3) is 2.67. The van der Waals surface area contributed by atoms with Crippen LogP contribution in [0.4, 0.5) is 5.69 Å². The van der Waals surface area contributed by atoms with E-state index in [4.69, 9.17) is 5.73 Å². The molecule has 1 aromatic carbocycles. The van der Waals surface area contributed by atoms with E-state index in [0.29, 0.717) is 12.1 Å². The zero-order valence-electron chi connectivity index (χ0n) is 9.07. The Hall–Kier alpha value is -0.670. The Morgan fingerprint density at radius 1 is 1.33 bits per heavy atom. The largest absolute Gasteiger partial charge is 0.381 e. The van der Waals surface area contributed by atoms with E-state index in [1.165, 1.54) is 17.0 Å². The summed E-state index contributed by atoms with van der Waals surface area (Å²) >= 11 is 1.79. The molecule has 15 heavy (non-hydrogen) atoms. The van der Waals surface area contributed by atoms with Crippen molar-refractivity contribution < 1.29 is 0 Å². The van der Waals surface area contributed by atoms with E-state index in [1.54, 1.807) is 11.8 Å². The summed E-state index contributed by atoms with van der Waals surface area (Å²) in [5.74, 6) is 0. The number of rotatable bonds is 3. The molecule has 2 atom stereocenters. The average Bonchev–Trinajstić information content (AvgIpc) is 2.65. The van der Waals surface area contributed by atoms with Crippen LogP contribution >= 0.6 is 11.8 Å². The van der Waals surface area contributed by atoms with Crippen LogP contribution in [0.1, 0.15) is 19.3 Å². The molecule has 0 spiro atoms. The van der Waals surface area contributed by atoms with Crippen LogP contribution in [0.2, 0.25) is 0 Å². The van der Waals surface area contributed by atoms with Gasteiger partial charge in [-0.15, -0.1) is 11.8 Å². The van der Waals surface area contributed by atoms with Gasteiger partial charge in [-0.1, -0.05) is 12.1 Å².